The van der Waals surface area contributed by atoms with Crippen molar-refractivity contribution in [3.8, 4) is 17.2 Å². The third-order valence-corrected chi connectivity index (χ3v) is 6.37. The molecule has 0 unspecified atom stereocenters. The van der Waals surface area contributed by atoms with E-state index in [1.807, 2.05) is 0 Å². The quantitative estimate of drug-likeness (QED) is 0.546. The maximum absolute atomic E-state index is 12.6. The summed E-state index contributed by atoms with van der Waals surface area (Å²) in [5.41, 5.74) is 1.42. The first-order chi connectivity index (χ1) is 15.9. The van der Waals surface area contributed by atoms with Gasteiger partial charge in [0.25, 0.3) is 5.91 Å². The Bertz CT molecular complexity index is 1050. The van der Waals surface area contributed by atoms with E-state index >= 15 is 0 Å². The number of thiophene rings is 1. The minimum atomic E-state index is -0.765. The molecule has 10 heteroatoms. The van der Waals surface area contributed by atoms with Gasteiger partial charge in [-0.3, -0.25) is 4.79 Å². The highest BCUT2D eigenvalue weighted by Crippen LogP contribution is 2.40. The molecule has 0 fully saturated rings. The molecule has 1 aromatic carbocycles. The number of fused-ring (bicyclic) bond motifs is 1. The zero-order valence-corrected chi connectivity index (χ0v) is 19.9. The second-order valence-corrected chi connectivity index (χ2v) is 8.25. The summed E-state index contributed by atoms with van der Waals surface area (Å²) >= 11 is 1.37. The molecule has 33 heavy (non-hydrogen) atoms. The van der Waals surface area contributed by atoms with Gasteiger partial charge < -0.3 is 29.0 Å². The van der Waals surface area contributed by atoms with Crippen LogP contribution < -0.4 is 19.5 Å². The van der Waals surface area contributed by atoms with Crippen LogP contribution in [0.25, 0.3) is 0 Å². The van der Waals surface area contributed by atoms with E-state index in [0.29, 0.717) is 16.3 Å². The first-order valence-corrected chi connectivity index (χ1v) is 11.3. The molecule has 1 aromatic heterocycles. The van der Waals surface area contributed by atoms with Gasteiger partial charge in [0.2, 0.25) is 5.75 Å². The van der Waals surface area contributed by atoms with Gasteiger partial charge in [-0.1, -0.05) is 0 Å². The highest BCUT2D eigenvalue weighted by atomic mass is 32.1. The summed E-state index contributed by atoms with van der Waals surface area (Å²) in [7, 11) is 4.27. The molecule has 3 rings (SSSR count). The van der Waals surface area contributed by atoms with Crippen molar-refractivity contribution in [2.75, 3.05) is 39.9 Å². The Labute approximate surface area is 195 Å². The molecule has 0 atom stereocenters. The number of anilines is 1. The van der Waals surface area contributed by atoms with Crippen molar-refractivity contribution >= 4 is 34.2 Å². The van der Waals surface area contributed by atoms with E-state index < -0.39 is 24.5 Å². The van der Waals surface area contributed by atoms with E-state index in [1.165, 1.54) is 38.7 Å². The SMILES string of the molecule is CCOC(=O)c1c(NC(=O)COC(=O)c2ccc(OC)c(OC)c2OC)sc2c1CCCC2. The van der Waals surface area contributed by atoms with Crippen molar-refractivity contribution in [3.63, 3.8) is 0 Å². The molecule has 0 saturated carbocycles. The monoisotopic (exact) mass is 477 g/mol. The smallest absolute Gasteiger partial charge is 0.342 e. The van der Waals surface area contributed by atoms with Crippen LogP contribution in [0.5, 0.6) is 17.2 Å². The summed E-state index contributed by atoms with van der Waals surface area (Å²) < 4.78 is 26.1. The molecule has 1 N–H and O–H groups in total. The largest absolute Gasteiger partial charge is 0.493 e. The van der Waals surface area contributed by atoms with Crippen LogP contribution in [0.2, 0.25) is 0 Å². The minimum Gasteiger partial charge on any atom is -0.493 e. The predicted octanol–water partition coefficient (Wildman–Crippen LogP) is 3.62. The molecule has 0 aliphatic heterocycles. The molecule has 0 saturated heterocycles. The van der Waals surface area contributed by atoms with E-state index in [4.69, 9.17) is 23.7 Å². The number of benzene rings is 1. The normalized spacial score (nSPS) is 12.4. The Hall–Kier alpha value is -3.27. The van der Waals surface area contributed by atoms with Crippen LogP contribution in [0.3, 0.4) is 0 Å². The molecule has 9 nitrogen and oxygen atoms in total. The number of hydrogen-bond acceptors (Lipinski definition) is 9. The van der Waals surface area contributed by atoms with Crippen LogP contribution in [-0.4, -0.2) is 52.4 Å². The zero-order chi connectivity index (χ0) is 24.0. The Morgan fingerprint density at radius 1 is 0.939 bits per heavy atom. The number of hydrogen-bond donors (Lipinski definition) is 1. The van der Waals surface area contributed by atoms with Crippen LogP contribution in [-0.2, 0) is 27.1 Å². The molecule has 1 heterocycles. The third kappa shape index (κ3) is 5.22. The Morgan fingerprint density at radius 2 is 1.67 bits per heavy atom. The summed E-state index contributed by atoms with van der Waals surface area (Å²) in [5.74, 6) is -1.03. The van der Waals surface area contributed by atoms with Gasteiger partial charge in [-0.25, -0.2) is 9.59 Å². The number of nitrogens with one attached hydrogen (secondary N) is 1. The van der Waals surface area contributed by atoms with Crippen LogP contribution in [0.4, 0.5) is 5.00 Å². The maximum atomic E-state index is 12.6. The third-order valence-electron chi connectivity index (χ3n) is 5.16. The Balaban J connectivity index is 1.73. The fourth-order valence-corrected chi connectivity index (χ4v) is 5.00. The lowest BCUT2D eigenvalue weighted by Crippen LogP contribution is -2.22. The predicted molar refractivity (Wildman–Crippen MR) is 122 cm³/mol. The maximum Gasteiger partial charge on any atom is 0.342 e. The lowest BCUT2D eigenvalue weighted by molar-refractivity contribution is -0.119. The number of aryl methyl sites for hydroxylation is 1. The molecule has 0 bridgehead atoms. The highest BCUT2D eigenvalue weighted by molar-refractivity contribution is 7.17. The first-order valence-electron chi connectivity index (χ1n) is 10.5. The zero-order valence-electron chi connectivity index (χ0n) is 19.1. The van der Waals surface area contributed by atoms with Gasteiger partial charge in [-0.2, -0.15) is 0 Å². The molecule has 178 valence electrons. The molecular formula is C23H27NO8S. The summed E-state index contributed by atoms with van der Waals surface area (Å²) in [6.07, 6.45) is 3.64. The van der Waals surface area contributed by atoms with Crippen molar-refractivity contribution in [3.05, 3.63) is 33.7 Å². The summed E-state index contributed by atoms with van der Waals surface area (Å²) in [6, 6.07) is 3.01. The minimum absolute atomic E-state index is 0.0850. The average Bonchev–Trinajstić information content (AvgIpc) is 3.19. The van der Waals surface area contributed by atoms with Gasteiger partial charge in [0.1, 0.15) is 10.6 Å². The lowest BCUT2D eigenvalue weighted by atomic mass is 9.95. The Kier molecular flexibility index (Phi) is 8.16. The molecule has 0 radical (unpaired) electrons. The fourth-order valence-electron chi connectivity index (χ4n) is 3.71. The number of rotatable bonds is 9. The van der Waals surface area contributed by atoms with Crippen molar-refractivity contribution in [2.24, 2.45) is 0 Å². The van der Waals surface area contributed by atoms with Crippen molar-refractivity contribution in [2.45, 2.75) is 32.6 Å². The van der Waals surface area contributed by atoms with Gasteiger partial charge in [0, 0.05) is 4.88 Å². The van der Waals surface area contributed by atoms with Crippen LogP contribution in [0.1, 0.15) is 50.9 Å². The molecule has 0 spiro atoms. The van der Waals surface area contributed by atoms with Gasteiger partial charge in [0.15, 0.2) is 18.1 Å². The number of methoxy groups -OCH3 is 3. The van der Waals surface area contributed by atoms with Crippen molar-refractivity contribution < 1.29 is 38.1 Å². The van der Waals surface area contributed by atoms with Crippen LogP contribution >= 0.6 is 11.3 Å². The van der Waals surface area contributed by atoms with E-state index in [2.05, 4.69) is 5.32 Å². The first kappa shape index (κ1) is 24.4. The van der Waals surface area contributed by atoms with E-state index in [0.717, 1.165) is 36.1 Å². The fraction of sp³-hybridized carbons (Fsp3) is 0.435. The molecular weight excluding hydrogens is 450 g/mol. The van der Waals surface area contributed by atoms with Crippen LogP contribution in [0, 0.1) is 0 Å². The molecule has 1 aliphatic rings. The van der Waals surface area contributed by atoms with Gasteiger partial charge in [0.05, 0.1) is 33.5 Å². The number of carbonyl (C=O) groups is 3. The molecule has 1 amide bonds. The number of carbonyl (C=O) groups excluding carboxylic acids is 3. The second kappa shape index (κ2) is 11.0. The van der Waals surface area contributed by atoms with Gasteiger partial charge in [-0.15, -0.1) is 11.3 Å². The van der Waals surface area contributed by atoms with Gasteiger partial charge in [-0.05, 0) is 50.3 Å². The summed E-state index contributed by atoms with van der Waals surface area (Å²) in [4.78, 5) is 38.8. The van der Waals surface area contributed by atoms with Crippen molar-refractivity contribution in [1.29, 1.82) is 0 Å². The molecule has 2 aromatic rings. The number of esters is 2. The summed E-state index contributed by atoms with van der Waals surface area (Å²) in [5, 5.41) is 3.13. The standard InChI is InChI=1S/C23H27NO8S/c1-5-31-23(27)18-13-8-6-7-9-16(13)33-21(18)24-17(25)12-32-22(26)14-10-11-15(28-2)20(30-4)19(14)29-3/h10-11H,5-9,12H2,1-4H3,(H,24,25). The molecule has 1 aliphatic carbocycles. The van der Waals surface area contributed by atoms with Crippen molar-refractivity contribution in [1.82, 2.24) is 0 Å². The second-order valence-electron chi connectivity index (χ2n) is 7.14. The number of amides is 1. The highest BCUT2D eigenvalue weighted by Gasteiger charge is 2.28. The van der Waals surface area contributed by atoms with E-state index in [1.54, 1.807) is 13.0 Å². The van der Waals surface area contributed by atoms with Gasteiger partial charge >= 0.3 is 11.9 Å². The lowest BCUT2D eigenvalue weighted by Gasteiger charge is -2.15. The Morgan fingerprint density at radius 3 is 2.33 bits per heavy atom. The van der Waals surface area contributed by atoms with Crippen LogP contribution in [0.15, 0.2) is 12.1 Å². The topological polar surface area (TPSA) is 109 Å². The number of ether oxygens (including phenoxy) is 5. The average molecular weight is 478 g/mol. The summed E-state index contributed by atoms with van der Waals surface area (Å²) in [6.45, 7) is 1.43. The van der Waals surface area contributed by atoms with E-state index in [-0.39, 0.29) is 23.7 Å². The van der Waals surface area contributed by atoms with E-state index in [9.17, 15) is 14.4 Å².